The number of sulfone groups is 1. The average Bonchev–Trinajstić information content (AvgIpc) is 2.94. The molecule has 1 rings (SSSR count). The highest BCUT2D eigenvalue weighted by Crippen LogP contribution is 2.27. The fraction of sp³-hybridized carbons (Fsp3) is 0.714. The average molecular weight is 634 g/mol. The fourth-order valence-corrected chi connectivity index (χ4v) is 5.38. The highest BCUT2D eigenvalue weighted by atomic mass is 32.2. The number of carbonyl (C=O) groups excluding carboxylic acids is 2. The van der Waals surface area contributed by atoms with Crippen LogP contribution in [-0.2, 0) is 24.1 Å². The molecule has 5 N–H and O–H groups in total. The van der Waals surface area contributed by atoms with E-state index >= 15 is 0 Å². The quantitative estimate of drug-likeness (QED) is 0.0659. The topological polar surface area (TPSA) is 215 Å². The highest BCUT2D eigenvalue weighted by Gasteiger charge is 2.27. The molecule has 0 radical (unpaired) electrons. The van der Waals surface area contributed by atoms with Crippen LogP contribution in [0.1, 0.15) is 69.7 Å². The van der Waals surface area contributed by atoms with E-state index in [1.807, 2.05) is 0 Å². The summed E-state index contributed by atoms with van der Waals surface area (Å²) in [5.74, 6) is -1.29. The maximum absolute atomic E-state index is 12.8. The number of rotatable bonds is 23. The fourth-order valence-electron chi connectivity index (χ4n) is 3.84. The minimum atomic E-state index is -4.00. The standard InChI is InChI=1S/C28H47N3O11S/c1-20(2)27(35)29-12-5-4-6-15-43(39,40)26-11-10-22(16-25(26)31(37)38)28(36)30-17-24(34)19-42-14-13-41-18-23(33)9-7-8-21(3)32/h10-11,16,20-21,23-24,32-34H,4-9,12-15,17-19H2,1-3H3,(H,29,35)(H,30,36). The zero-order chi connectivity index (χ0) is 32.4. The van der Waals surface area contributed by atoms with Crippen LogP contribution >= 0.6 is 0 Å². The van der Waals surface area contributed by atoms with Crippen LogP contribution in [0.2, 0.25) is 0 Å². The van der Waals surface area contributed by atoms with Gasteiger partial charge < -0.3 is 35.4 Å². The largest absolute Gasteiger partial charge is 0.393 e. The predicted molar refractivity (Wildman–Crippen MR) is 158 cm³/mol. The minimum absolute atomic E-state index is 0.0918. The van der Waals surface area contributed by atoms with Crippen LogP contribution in [0.4, 0.5) is 5.69 Å². The van der Waals surface area contributed by atoms with Crippen LogP contribution in [-0.4, -0.2) is 104 Å². The number of ether oxygens (including phenoxy) is 2. The Morgan fingerprint density at radius 3 is 2.19 bits per heavy atom. The van der Waals surface area contributed by atoms with Crippen molar-refractivity contribution in [1.29, 1.82) is 0 Å². The third-order valence-electron chi connectivity index (χ3n) is 6.32. The molecule has 0 heterocycles. The Balaban J connectivity index is 2.47. The Hall–Kier alpha value is -2.69. The Morgan fingerprint density at radius 2 is 1.58 bits per heavy atom. The molecule has 43 heavy (non-hydrogen) atoms. The smallest absolute Gasteiger partial charge is 0.288 e. The minimum Gasteiger partial charge on any atom is -0.393 e. The van der Waals surface area contributed by atoms with Gasteiger partial charge in [0.05, 0.1) is 55.4 Å². The lowest BCUT2D eigenvalue weighted by atomic mass is 10.1. The van der Waals surface area contributed by atoms with Crippen molar-refractivity contribution in [3.8, 4) is 0 Å². The van der Waals surface area contributed by atoms with Gasteiger partial charge in [0.1, 0.15) is 4.90 Å². The lowest BCUT2D eigenvalue weighted by Gasteiger charge is -2.14. The van der Waals surface area contributed by atoms with Gasteiger partial charge in [-0.05, 0) is 51.2 Å². The first-order chi connectivity index (χ1) is 20.2. The lowest BCUT2D eigenvalue weighted by molar-refractivity contribution is -0.387. The molecule has 246 valence electrons. The van der Waals surface area contributed by atoms with Crippen molar-refractivity contribution in [3.63, 3.8) is 0 Å². The number of aliphatic hydroxyl groups is 3. The maximum Gasteiger partial charge on any atom is 0.288 e. The first-order valence-corrected chi connectivity index (χ1v) is 16.2. The van der Waals surface area contributed by atoms with Crippen LogP contribution in [0.25, 0.3) is 0 Å². The summed E-state index contributed by atoms with van der Waals surface area (Å²) in [6, 6.07) is 3.10. The zero-order valence-electron chi connectivity index (χ0n) is 25.2. The molecule has 14 nitrogen and oxygen atoms in total. The lowest BCUT2D eigenvalue weighted by Crippen LogP contribution is -2.35. The second kappa shape index (κ2) is 20.3. The summed E-state index contributed by atoms with van der Waals surface area (Å²) in [7, 11) is -4.00. The summed E-state index contributed by atoms with van der Waals surface area (Å²) in [6.45, 7) is 5.73. The molecule has 0 aliphatic carbocycles. The van der Waals surface area contributed by atoms with Crippen molar-refractivity contribution in [2.75, 3.05) is 45.3 Å². The molecular weight excluding hydrogens is 586 g/mol. The molecule has 0 aliphatic heterocycles. The van der Waals surface area contributed by atoms with E-state index in [-0.39, 0.29) is 62.5 Å². The second-order valence-corrected chi connectivity index (χ2v) is 12.8. The Kier molecular flexibility index (Phi) is 18.1. The Bertz CT molecular complexity index is 1110. The number of aliphatic hydroxyl groups excluding tert-OH is 3. The van der Waals surface area contributed by atoms with Crippen LogP contribution in [0, 0.1) is 16.0 Å². The van der Waals surface area contributed by atoms with E-state index in [0.29, 0.717) is 38.6 Å². The Morgan fingerprint density at radius 1 is 0.930 bits per heavy atom. The number of unbranched alkanes of at least 4 members (excludes halogenated alkanes) is 2. The number of nitrogens with zero attached hydrogens (tertiary/aromatic N) is 1. The highest BCUT2D eigenvalue weighted by molar-refractivity contribution is 7.91. The van der Waals surface area contributed by atoms with Crippen molar-refractivity contribution in [3.05, 3.63) is 33.9 Å². The number of nitrogens with one attached hydrogen (secondary N) is 2. The molecule has 0 spiro atoms. The third kappa shape index (κ3) is 16.1. The predicted octanol–water partition coefficient (Wildman–Crippen LogP) is 1.35. The number of nitro groups is 1. The van der Waals surface area contributed by atoms with Gasteiger partial charge in [-0.15, -0.1) is 0 Å². The SMILES string of the molecule is CC(O)CCCC(O)COCCOCC(O)CNC(=O)c1ccc(S(=O)(=O)CCCCCNC(=O)C(C)C)c([N+](=O)[O-])c1. The summed E-state index contributed by atoms with van der Waals surface area (Å²) in [5.41, 5.74) is -0.853. The van der Waals surface area contributed by atoms with E-state index in [4.69, 9.17) is 9.47 Å². The monoisotopic (exact) mass is 633 g/mol. The van der Waals surface area contributed by atoms with Gasteiger partial charge in [0.25, 0.3) is 11.6 Å². The van der Waals surface area contributed by atoms with Crippen LogP contribution in [0.15, 0.2) is 23.1 Å². The van der Waals surface area contributed by atoms with Gasteiger partial charge in [-0.2, -0.15) is 0 Å². The van der Waals surface area contributed by atoms with Crippen LogP contribution < -0.4 is 10.6 Å². The molecule has 1 aromatic carbocycles. The molecule has 3 unspecified atom stereocenters. The molecule has 0 fully saturated rings. The van der Waals surface area contributed by atoms with Crippen LogP contribution in [0.3, 0.4) is 0 Å². The third-order valence-corrected chi connectivity index (χ3v) is 8.16. The number of hydrogen-bond acceptors (Lipinski definition) is 11. The van der Waals surface area contributed by atoms with Crippen molar-refractivity contribution in [2.24, 2.45) is 5.92 Å². The van der Waals surface area contributed by atoms with Gasteiger partial charge in [0.15, 0.2) is 9.84 Å². The van der Waals surface area contributed by atoms with E-state index in [0.717, 1.165) is 12.1 Å². The number of amides is 2. The van der Waals surface area contributed by atoms with Gasteiger partial charge in [-0.25, -0.2) is 8.42 Å². The van der Waals surface area contributed by atoms with Crippen molar-refractivity contribution < 1.29 is 47.7 Å². The number of benzene rings is 1. The summed E-state index contributed by atoms with van der Waals surface area (Å²) >= 11 is 0. The molecule has 3 atom stereocenters. The van der Waals surface area contributed by atoms with Crippen molar-refractivity contribution in [2.45, 2.75) is 82.5 Å². The second-order valence-electron chi connectivity index (χ2n) is 10.7. The summed E-state index contributed by atoms with van der Waals surface area (Å²) < 4.78 is 36.2. The summed E-state index contributed by atoms with van der Waals surface area (Å²) in [5, 5.41) is 45.9. The number of nitro benzene ring substituents is 1. The number of carbonyl (C=O) groups is 2. The molecule has 0 bridgehead atoms. The molecule has 1 aromatic rings. The first kappa shape index (κ1) is 38.3. The van der Waals surface area contributed by atoms with E-state index < -0.39 is 49.6 Å². The zero-order valence-corrected chi connectivity index (χ0v) is 26.0. The molecule has 0 saturated heterocycles. The normalized spacial score (nSPS) is 13.8. The molecule has 0 aromatic heterocycles. The molecule has 0 aliphatic rings. The van der Waals surface area contributed by atoms with Crippen molar-refractivity contribution >= 4 is 27.3 Å². The van der Waals surface area contributed by atoms with E-state index in [1.54, 1.807) is 20.8 Å². The Labute approximate surface area is 253 Å². The van der Waals surface area contributed by atoms with Gasteiger partial charge in [0.2, 0.25) is 5.91 Å². The van der Waals surface area contributed by atoms with E-state index in [1.165, 1.54) is 6.07 Å². The maximum atomic E-state index is 12.8. The van der Waals surface area contributed by atoms with Gasteiger partial charge in [-0.3, -0.25) is 19.7 Å². The number of hydrogen-bond donors (Lipinski definition) is 5. The van der Waals surface area contributed by atoms with E-state index in [2.05, 4.69) is 10.6 Å². The molecule has 15 heteroatoms. The van der Waals surface area contributed by atoms with Crippen molar-refractivity contribution in [1.82, 2.24) is 10.6 Å². The molecule has 0 saturated carbocycles. The summed E-state index contributed by atoms with van der Waals surface area (Å²) in [6.07, 6.45) is 0.957. The van der Waals surface area contributed by atoms with Gasteiger partial charge in [-0.1, -0.05) is 20.3 Å². The van der Waals surface area contributed by atoms with Gasteiger partial charge in [0, 0.05) is 30.6 Å². The summed E-state index contributed by atoms with van der Waals surface area (Å²) in [4.78, 5) is 34.4. The molecular formula is C28H47N3O11S. The van der Waals surface area contributed by atoms with E-state index in [9.17, 15) is 43.4 Å². The first-order valence-electron chi connectivity index (χ1n) is 14.5. The van der Waals surface area contributed by atoms with Gasteiger partial charge >= 0.3 is 0 Å². The molecule has 2 amide bonds. The van der Waals surface area contributed by atoms with Crippen LogP contribution in [0.5, 0.6) is 0 Å².